The van der Waals surface area contributed by atoms with Crippen molar-refractivity contribution < 1.29 is 13.2 Å². The molecule has 136 valence electrons. The van der Waals surface area contributed by atoms with E-state index in [4.69, 9.17) is 5.73 Å². The molecule has 1 amide bonds. The first-order valence-electron chi connectivity index (χ1n) is 8.10. The van der Waals surface area contributed by atoms with Gasteiger partial charge < -0.3 is 11.1 Å². The van der Waals surface area contributed by atoms with Gasteiger partial charge in [-0.05, 0) is 43.5 Å². The topological polar surface area (TPSA) is 92.5 Å². The molecule has 0 atom stereocenters. The maximum atomic E-state index is 12.5. The molecule has 2 rings (SSSR count). The minimum Gasteiger partial charge on any atom is -0.352 e. The summed E-state index contributed by atoms with van der Waals surface area (Å²) in [6.45, 7) is 2.09. The third-order valence-corrected chi connectivity index (χ3v) is 5.89. The standard InChI is InChI=1S/C16H25N3O3S.ClH/c17-10-4-5-16(20)18-13-14-6-8-15(9-7-14)23(21,22)19-11-2-1-3-12-19;/h6-9H,1-5,10-13,17H2,(H,18,20);1H. The Kier molecular flexibility index (Phi) is 8.69. The van der Waals surface area contributed by atoms with Gasteiger partial charge in [0, 0.05) is 26.1 Å². The number of amides is 1. The number of carbonyl (C=O) groups excluding carboxylic acids is 1. The first-order chi connectivity index (χ1) is 11.0. The number of hydrogen-bond acceptors (Lipinski definition) is 4. The van der Waals surface area contributed by atoms with Crippen molar-refractivity contribution in [3.8, 4) is 0 Å². The zero-order chi connectivity index (χ0) is 16.7. The number of benzene rings is 1. The van der Waals surface area contributed by atoms with Crippen LogP contribution in [0.5, 0.6) is 0 Å². The fraction of sp³-hybridized carbons (Fsp3) is 0.562. The van der Waals surface area contributed by atoms with Gasteiger partial charge in [-0.15, -0.1) is 12.4 Å². The van der Waals surface area contributed by atoms with Crippen molar-refractivity contribution in [3.63, 3.8) is 0 Å². The van der Waals surface area contributed by atoms with Crippen LogP contribution in [-0.2, 0) is 21.4 Å². The lowest BCUT2D eigenvalue weighted by atomic mass is 10.2. The number of hydrogen-bond donors (Lipinski definition) is 2. The first-order valence-corrected chi connectivity index (χ1v) is 9.54. The van der Waals surface area contributed by atoms with Crippen LogP contribution in [0.25, 0.3) is 0 Å². The number of carbonyl (C=O) groups is 1. The van der Waals surface area contributed by atoms with Crippen molar-refractivity contribution in [2.45, 2.75) is 43.5 Å². The second kappa shape index (κ2) is 9.98. The second-order valence-electron chi connectivity index (χ2n) is 5.78. The largest absolute Gasteiger partial charge is 0.352 e. The highest BCUT2D eigenvalue weighted by Gasteiger charge is 2.25. The fourth-order valence-electron chi connectivity index (χ4n) is 2.59. The minimum absolute atomic E-state index is 0. The molecule has 0 aromatic heterocycles. The van der Waals surface area contributed by atoms with Crippen LogP contribution >= 0.6 is 12.4 Å². The van der Waals surface area contributed by atoms with Crippen molar-refractivity contribution in [2.24, 2.45) is 5.73 Å². The van der Waals surface area contributed by atoms with Crippen LogP contribution in [0.3, 0.4) is 0 Å². The van der Waals surface area contributed by atoms with Crippen molar-refractivity contribution in [2.75, 3.05) is 19.6 Å². The van der Waals surface area contributed by atoms with Gasteiger partial charge in [0.15, 0.2) is 0 Å². The smallest absolute Gasteiger partial charge is 0.243 e. The molecular formula is C16H26ClN3O3S. The molecule has 0 aliphatic carbocycles. The van der Waals surface area contributed by atoms with E-state index in [-0.39, 0.29) is 18.3 Å². The van der Waals surface area contributed by atoms with E-state index in [2.05, 4.69) is 5.32 Å². The van der Waals surface area contributed by atoms with E-state index in [9.17, 15) is 13.2 Å². The number of halogens is 1. The first kappa shape index (κ1) is 20.9. The highest BCUT2D eigenvalue weighted by molar-refractivity contribution is 7.89. The molecule has 0 radical (unpaired) electrons. The number of nitrogens with two attached hydrogens (primary N) is 1. The van der Waals surface area contributed by atoms with E-state index in [1.807, 2.05) is 0 Å². The minimum atomic E-state index is -3.39. The summed E-state index contributed by atoms with van der Waals surface area (Å²) < 4.78 is 26.6. The molecule has 1 aromatic carbocycles. The van der Waals surface area contributed by atoms with Gasteiger partial charge in [0.2, 0.25) is 15.9 Å². The monoisotopic (exact) mass is 375 g/mol. The molecule has 3 N–H and O–H groups in total. The molecule has 1 aliphatic rings. The molecule has 1 fully saturated rings. The second-order valence-corrected chi connectivity index (χ2v) is 7.72. The predicted octanol–water partition coefficient (Wildman–Crippen LogP) is 1.64. The van der Waals surface area contributed by atoms with Crippen molar-refractivity contribution in [3.05, 3.63) is 29.8 Å². The number of rotatable bonds is 7. The van der Waals surface area contributed by atoms with Gasteiger partial charge in [-0.1, -0.05) is 18.6 Å². The van der Waals surface area contributed by atoms with Crippen molar-refractivity contribution in [1.29, 1.82) is 0 Å². The molecule has 0 spiro atoms. The molecule has 6 nitrogen and oxygen atoms in total. The Morgan fingerprint density at radius 2 is 1.75 bits per heavy atom. The molecule has 1 aliphatic heterocycles. The van der Waals surface area contributed by atoms with Crippen LogP contribution in [0.4, 0.5) is 0 Å². The van der Waals surface area contributed by atoms with Crippen LogP contribution in [0, 0.1) is 0 Å². The van der Waals surface area contributed by atoms with Crippen LogP contribution in [-0.4, -0.2) is 38.3 Å². The van der Waals surface area contributed by atoms with Gasteiger partial charge in [-0.25, -0.2) is 8.42 Å². The molecule has 0 bridgehead atoms. The van der Waals surface area contributed by atoms with E-state index >= 15 is 0 Å². The van der Waals surface area contributed by atoms with E-state index in [1.165, 1.54) is 0 Å². The summed E-state index contributed by atoms with van der Waals surface area (Å²) in [6, 6.07) is 6.73. The van der Waals surface area contributed by atoms with Gasteiger partial charge >= 0.3 is 0 Å². The lowest BCUT2D eigenvalue weighted by Gasteiger charge is -2.25. The van der Waals surface area contributed by atoms with Gasteiger partial charge in [0.25, 0.3) is 0 Å². The van der Waals surface area contributed by atoms with Crippen molar-refractivity contribution in [1.82, 2.24) is 9.62 Å². The number of sulfonamides is 1. The zero-order valence-corrected chi connectivity index (χ0v) is 15.4. The van der Waals surface area contributed by atoms with Crippen LogP contribution < -0.4 is 11.1 Å². The number of nitrogens with one attached hydrogen (secondary N) is 1. The predicted molar refractivity (Wildman–Crippen MR) is 96.4 cm³/mol. The van der Waals surface area contributed by atoms with Crippen LogP contribution in [0.15, 0.2) is 29.2 Å². The summed E-state index contributed by atoms with van der Waals surface area (Å²) in [5, 5.41) is 2.80. The van der Waals surface area contributed by atoms with E-state index in [0.717, 1.165) is 24.8 Å². The summed E-state index contributed by atoms with van der Waals surface area (Å²) in [6.07, 6.45) is 4.02. The normalized spacial score (nSPS) is 15.5. The van der Waals surface area contributed by atoms with E-state index < -0.39 is 10.0 Å². The lowest BCUT2D eigenvalue weighted by Crippen LogP contribution is -2.35. The molecule has 0 unspecified atom stereocenters. The molecule has 24 heavy (non-hydrogen) atoms. The van der Waals surface area contributed by atoms with Crippen molar-refractivity contribution >= 4 is 28.3 Å². The Morgan fingerprint density at radius 1 is 1.12 bits per heavy atom. The average Bonchev–Trinajstić information content (AvgIpc) is 2.59. The number of piperidine rings is 1. The molecule has 8 heteroatoms. The molecule has 1 heterocycles. The SMILES string of the molecule is Cl.NCCCC(=O)NCc1ccc(S(=O)(=O)N2CCCCC2)cc1. The highest BCUT2D eigenvalue weighted by Crippen LogP contribution is 2.20. The van der Waals surface area contributed by atoms with Gasteiger partial charge in [-0.2, -0.15) is 4.31 Å². The fourth-order valence-corrected chi connectivity index (χ4v) is 4.10. The van der Waals surface area contributed by atoms with Gasteiger partial charge in [-0.3, -0.25) is 4.79 Å². The van der Waals surface area contributed by atoms with Crippen LogP contribution in [0.1, 0.15) is 37.7 Å². The molecule has 1 aromatic rings. The Bertz CT molecular complexity index is 614. The maximum absolute atomic E-state index is 12.5. The number of nitrogens with zero attached hydrogens (tertiary/aromatic N) is 1. The van der Waals surface area contributed by atoms with E-state index in [1.54, 1.807) is 28.6 Å². The zero-order valence-electron chi connectivity index (χ0n) is 13.7. The Hall–Kier alpha value is -1.15. The summed E-state index contributed by atoms with van der Waals surface area (Å²) in [5.41, 5.74) is 6.24. The third-order valence-electron chi connectivity index (χ3n) is 3.97. The summed E-state index contributed by atoms with van der Waals surface area (Å²) >= 11 is 0. The van der Waals surface area contributed by atoms with Crippen LogP contribution in [0.2, 0.25) is 0 Å². The average molecular weight is 376 g/mol. The Morgan fingerprint density at radius 3 is 2.33 bits per heavy atom. The lowest BCUT2D eigenvalue weighted by molar-refractivity contribution is -0.121. The summed E-state index contributed by atoms with van der Waals surface area (Å²) in [5.74, 6) is -0.0412. The quantitative estimate of drug-likeness (QED) is 0.757. The maximum Gasteiger partial charge on any atom is 0.243 e. The Balaban J connectivity index is 0.00000288. The summed E-state index contributed by atoms with van der Waals surface area (Å²) in [4.78, 5) is 11.9. The molecular weight excluding hydrogens is 350 g/mol. The molecule has 0 saturated carbocycles. The Labute approximate surface area is 150 Å². The molecule has 1 saturated heterocycles. The highest BCUT2D eigenvalue weighted by atomic mass is 35.5. The summed E-state index contributed by atoms with van der Waals surface area (Å²) in [7, 11) is -3.39. The van der Waals surface area contributed by atoms with Gasteiger partial charge in [0.1, 0.15) is 0 Å². The van der Waals surface area contributed by atoms with E-state index in [0.29, 0.717) is 43.9 Å². The third kappa shape index (κ3) is 5.73. The van der Waals surface area contributed by atoms with Gasteiger partial charge in [0.05, 0.1) is 4.90 Å².